The summed E-state index contributed by atoms with van der Waals surface area (Å²) >= 11 is 0. The number of carbonyl (C=O) groups excluding carboxylic acids is 1. The molecule has 2 aromatic rings. The summed E-state index contributed by atoms with van der Waals surface area (Å²) in [5, 5.41) is 0. The Hall–Kier alpha value is -3.40. The summed E-state index contributed by atoms with van der Waals surface area (Å²) in [7, 11) is 0. The number of allylic oxidation sites excluding steroid dienone is 6. The molecule has 2 atom stereocenters. The number of hydrogen-bond acceptors (Lipinski definition) is 2. The standard InChI is InChI=1S/C34H35F2NO.3H2/c35-33(36)18-17-25-9-1-2-11-29(25)23-31(38)21-24-8-5-12-27(20-24)28-13-6-14-30(22-28)34-32-16-4-3-10-26(32)15-7-19-37-34;;;/h1-2,4-5,7-9,11-12,16-20,28,30,33H,3,6,10,13-15,21-23H2;3*1H/b18-17-;;;. The Balaban J connectivity index is 0.00000196. The van der Waals surface area contributed by atoms with Crippen molar-refractivity contribution in [1.82, 2.24) is 0 Å². The summed E-state index contributed by atoms with van der Waals surface area (Å²) in [5.41, 5.74) is 7.93. The summed E-state index contributed by atoms with van der Waals surface area (Å²) in [4.78, 5) is 17.9. The summed E-state index contributed by atoms with van der Waals surface area (Å²) < 4.78 is 25.3. The van der Waals surface area contributed by atoms with Gasteiger partial charge in [-0.2, -0.15) is 0 Å². The van der Waals surface area contributed by atoms with Crippen LogP contribution in [0.5, 0.6) is 0 Å². The lowest BCUT2D eigenvalue weighted by molar-refractivity contribution is -0.117. The Morgan fingerprint density at radius 2 is 1.92 bits per heavy atom. The highest BCUT2D eigenvalue weighted by molar-refractivity contribution is 6.05. The van der Waals surface area contributed by atoms with Gasteiger partial charge in [0.05, 0.1) is 5.71 Å². The molecule has 38 heavy (non-hydrogen) atoms. The molecule has 3 aliphatic rings. The highest BCUT2D eigenvalue weighted by atomic mass is 19.3. The first-order valence-corrected chi connectivity index (χ1v) is 13.8. The van der Waals surface area contributed by atoms with E-state index in [0.717, 1.165) is 49.3 Å². The van der Waals surface area contributed by atoms with Gasteiger partial charge in [0.2, 0.25) is 0 Å². The van der Waals surface area contributed by atoms with Crippen molar-refractivity contribution >= 4 is 17.6 Å². The van der Waals surface area contributed by atoms with Crippen LogP contribution in [-0.4, -0.2) is 17.9 Å². The smallest absolute Gasteiger partial charge is 0.257 e. The third kappa shape index (κ3) is 6.53. The lowest BCUT2D eigenvalue weighted by Crippen LogP contribution is -2.24. The third-order valence-electron chi connectivity index (χ3n) is 7.99. The topological polar surface area (TPSA) is 29.4 Å². The van der Waals surface area contributed by atoms with Crippen molar-refractivity contribution in [1.29, 1.82) is 0 Å². The molecule has 4 heteroatoms. The second-order valence-electron chi connectivity index (χ2n) is 10.7. The fourth-order valence-corrected chi connectivity index (χ4v) is 6.15. The molecule has 0 spiro atoms. The average molecular weight is 518 g/mol. The fraction of sp³-hybridized carbons (Fsp3) is 0.353. The van der Waals surface area contributed by atoms with E-state index in [9.17, 15) is 13.6 Å². The zero-order chi connectivity index (χ0) is 26.3. The summed E-state index contributed by atoms with van der Waals surface area (Å²) in [5.74, 6) is 0.993. The quantitative estimate of drug-likeness (QED) is 0.343. The zero-order valence-electron chi connectivity index (χ0n) is 21.8. The van der Waals surface area contributed by atoms with Crippen LogP contribution in [0.1, 0.15) is 77.4 Å². The van der Waals surface area contributed by atoms with E-state index >= 15 is 0 Å². The van der Waals surface area contributed by atoms with Crippen LogP contribution >= 0.6 is 0 Å². The SMILES string of the molecule is O=C(Cc1cccc(C2CCCC(C3=NC=CCC4=C3C=CCC4)C2)c1)Cc1ccccc1/C=C\C(F)F.[HH].[HH].[HH]. The van der Waals surface area contributed by atoms with E-state index in [1.807, 2.05) is 24.4 Å². The van der Waals surface area contributed by atoms with Gasteiger partial charge in [0.15, 0.2) is 0 Å². The Labute approximate surface area is 229 Å². The van der Waals surface area contributed by atoms with E-state index in [4.69, 9.17) is 4.99 Å². The van der Waals surface area contributed by atoms with Crippen LogP contribution in [0.4, 0.5) is 8.78 Å². The first-order chi connectivity index (χ1) is 18.6. The molecule has 1 saturated carbocycles. The molecule has 0 amide bonds. The van der Waals surface area contributed by atoms with Crippen molar-refractivity contribution in [2.75, 3.05) is 0 Å². The number of aliphatic imine (C=N–C) groups is 1. The van der Waals surface area contributed by atoms with Crippen molar-refractivity contribution in [2.24, 2.45) is 10.9 Å². The minimum atomic E-state index is -2.51. The number of halogens is 2. The molecule has 0 radical (unpaired) electrons. The molecule has 1 heterocycles. The Bertz CT molecular complexity index is 1330. The van der Waals surface area contributed by atoms with Crippen LogP contribution in [0, 0.1) is 5.92 Å². The van der Waals surface area contributed by atoms with Crippen LogP contribution < -0.4 is 0 Å². The molecule has 0 bridgehead atoms. The van der Waals surface area contributed by atoms with Crippen LogP contribution in [0.15, 0.2) is 95.2 Å². The highest BCUT2D eigenvalue weighted by Crippen LogP contribution is 2.40. The van der Waals surface area contributed by atoms with Gasteiger partial charge in [0.25, 0.3) is 6.43 Å². The second-order valence-corrected chi connectivity index (χ2v) is 10.7. The molecule has 0 aromatic heterocycles. The van der Waals surface area contributed by atoms with Crippen LogP contribution in [0.3, 0.4) is 0 Å². The van der Waals surface area contributed by atoms with E-state index < -0.39 is 6.43 Å². The summed E-state index contributed by atoms with van der Waals surface area (Å²) in [6.07, 6.45) is 17.0. The van der Waals surface area contributed by atoms with Gasteiger partial charge < -0.3 is 0 Å². The number of ketones is 1. The maximum absolute atomic E-state index is 13.0. The van der Waals surface area contributed by atoms with Gasteiger partial charge in [-0.25, -0.2) is 8.78 Å². The van der Waals surface area contributed by atoms with Crippen molar-refractivity contribution < 1.29 is 17.9 Å². The summed E-state index contributed by atoms with van der Waals surface area (Å²) in [6, 6.07) is 15.8. The zero-order valence-corrected chi connectivity index (χ0v) is 21.8. The average Bonchev–Trinajstić information content (AvgIpc) is 3.15. The molecule has 2 aromatic carbocycles. The number of Topliss-reactive ketones (excluding diaryl/α,β-unsaturated/α-hetero) is 1. The molecule has 2 unspecified atom stereocenters. The minimum Gasteiger partial charge on any atom is -0.299 e. The van der Waals surface area contributed by atoms with Crippen LogP contribution in [0.2, 0.25) is 0 Å². The summed E-state index contributed by atoms with van der Waals surface area (Å²) in [6.45, 7) is 0. The van der Waals surface area contributed by atoms with Crippen molar-refractivity contribution in [2.45, 2.75) is 70.1 Å². The third-order valence-corrected chi connectivity index (χ3v) is 7.99. The molecule has 2 nitrogen and oxygen atoms in total. The molecule has 1 fully saturated rings. The highest BCUT2D eigenvalue weighted by Gasteiger charge is 2.29. The fourth-order valence-electron chi connectivity index (χ4n) is 6.15. The van der Waals surface area contributed by atoms with E-state index in [0.29, 0.717) is 23.8 Å². The molecule has 202 valence electrons. The predicted molar refractivity (Wildman–Crippen MR) is 158 cm³/mol. The van der Waals surface area contributed by atoms with Gasteiger partial charge in [-0.05, 0) is 78.3 Å². The maximum atomic E-state index is 13.0. The number of alkyl halides is 2. The first kappa shape index (κ1) is 26.2. The number of hydrogen-bond donors (Lipinski definition) is 0. The van der Waals surface area contributed by atoms with E-state index in [-0.39, 0.29) is 16.5 Å². The number of nitrogens with zero attached hydrogens (tertiary/aromatic N) is 1. The van der Waals surface area contributed by atoms with Crippen molar-refractivity contribution in [3.8, 4) is 0 Å². The Morgan fingerprint density at radius 1 is 1.05 bits per heavy atom. The van der Waals surface area contributed by atoms with Crippen LogP contribution in [-0.2, 0) is 17.6 Å². The van der Waals surface area contributed by atoms with Gasteiger partial charge in [-0.3, -0.25) is 9.79 Å². The Kier molecular flexibility index (Phi) is 8.58. The van der Waals surface area contributed by atoms with Gasteiger partial charge in [0.1, 0.15) is 5.78 Å². The van der Waals surface area contributed by atoms with E-state index in [2.05, 4.69) is 36.4 Å². The first-order valence-electron chi connectivity index (χ1n) is 13.8. The maximum Gasteiger partial charge on any atom is 0.257 e. The number of benzene rings is 2. The number of carbonyl (C=O) groups is 1. The molecule has 2 aliphatic carbocycles. The number of rotatable bonds is 8. The van der Waals surface area contributed by atoms with Gasteiger partial charge in [0, 0.05) is 29.2 Å². The monoisotopic (exact) mass is 517 g/mol. The lowest BCUT2D eigenvalue weighted by atomic mass is 9.73. The van der Waals surface area contributed by atoms with Crippen LogP contribution in [0.25, 0.3) is 6.08 Å². The van der Waals surface area contributed by atoms with E-state index in [1.54, 1.807) is 12.1 Å². The molecule has 0 saturated heterocycles. The minimum absolute atomic E-state index is 0. The molecule has 1 aliphatic heterocycles. The molecule has 0 N–H and O–H groups in total. The lowest BCUT2D eigenvalue weighted by Gasteiger charge is -2.32. The largest absolute Gasteiger partial charge is 0.299 e. The van der Waals surface area contributed by atoms with Gasteiger partial charge in [-0.1, -0.05) is 84.8 Å². The second kappa shape index (κ2) is 12.4. The molecule has 5 rings (SSSR count). The van der Waals surface area contributed by atoms with Gasteiger partial charge in [-0.15, -0.1) is 0 Å². The molecular formula is C34H41F2NO. The van der Waals surface area contributed by atoms with Crippen molar-refractivity contribution in [3.63, 3.8) is 0 Å². The predicted octanol–water partition coefficient (Wildman–Crippen LogP) is 9.34. The van der Waals surface area contributed by atoms with Gasteiger partial charge >= 0.3 is 0 Å². The van der Waals surface area contributed by atoms with E-state index in [1.165, 1.54) is 41.3 Å². The van der Waals surface area contributed by atoms with Crippen molar-refractivity contribution in [3.05, 3.63) is 112 Å². The normalized spacial score (nSPS) is 21.5. The Morgan fingerprint density at radius 3 is 2.82 bits per heavy atom. The molecular weight excluding hydrogens is 476 g/mol.